The molecule has 1 aliphatic carbocycles. The first-order chi connectivity index (χ1) is 26.0. The molecule has 0 saturated heterocycles. The second kappa shape index (κ2) is 12.3. The molecule has 0 unspecified atom stereocenters. The standard InChI is InChI=1S/C52H37N/c1-52(2)48-24-14-13-23-45(48)46-26-25-36(31-49(46)52)39-32-50(35-17-7-4-8-18-35)53-51(33-39)41-28-38(34-15-5-3-6-16-34)27-40(29-41)47-30-37-19-9-10-20-42(37)43-21-11-12-22-44(43)47/h3-33H,1-2H3. The van der Waals surface area contributed by atoms with E-state index in [-0.39, 0.29) is 5.41 Å². The Morgan fingerprint density at radius 2 is 0.887 bits per heavy atom. The quantitative estimate of drug-likeness (QED) is 0.165. The molecule has 250 valence electrons. The smallest absolute Gasteiger partial charge is 0.0716 e. The van der Waals surface area contributed by atoms with Crippen LogP contribution < -0.4 is 0 Å². The van der Waals surface area contributed by atoms with Gasteiger partial charge in [0.25, 0.3) is 0 Å². The van der Waals surface area contributed by atoms with Gasteiger partial charge in [-0.3, -0.25) is 0 Å². The summed E-state index contributed by atoms with van der Waals surface area (Å²) < 4.78 is 0. The number of benzene rings is 8. The fraction of sp³-hybridized carbons (Fsp3) is 0.0577. The molecule has 0 amide bonds. The van der Waals surface area contributed by atoms with Crippen LogP contribution in [0, 0.1) is 0 Å². The second-order valence-electron chi connectivity index (χ2n) is 14.8. The van der Waals surface area contributed by atoms with E-state index in [4.69, 9.17) is 4.98 Å². The Bertz CT molecular complexity index is 2850. The Hall–Kier alpha value is -6.57. The van der Waals surface area contributed by atoms with Crippen molar-refractivity contribution in [2.75, 3.05) is 0 Å². The third-order valence-corrected chi connectivity index (χ3v) is 11.2. The van der Waals surface area contributed by atoms with E-state index in [0.29, 0.717) is 0 Å². The molecule has 8 aromatic carbocycles. The predicted octanol–water partition coefficient (Wildman–Crippen LogP) is 14.0. The highest BCUT2D eigenvalue weighted by Crippen LogP contribution is 2.50. The van der Waals surface area contributed by atoms with Crippen molar-refractivity contribution in [3.63, 3.8) is 0 Å². The number of nitrogens with zero attached hydrogens (tertiary/aromatic N) is 1. The van der Waals surface area contributed by atoms with Crippen LogP contribution in [0.2, 0.25) is 0 Å². The van der Waals surface area contributed by atoms with Gasteiger partial charge in [-0.15, -0.1) is 0 Å². The summed E-state index contributed by atoms with van der Waals surface area (Å²) in [5.74, 6) is 0. The zero-order valence-corrected chi connectivity index (χ0v) is 29.8. The van der Waals surface area contributed by atoms with Crippen LogP contribution in [-0.2, 0) is 5.41 Å². The van der Waals surface area contributed by atoms with Crippen LogP contribution in [0.25, 0.3) is 88.6 Å². The van der Waals surface area contributed by atoms with E-state index in [1.807, 2.05) is 0 Å². The second-order valence-corrected chi connectivity index (χ2v) is 14.8. The first kappa shape index (κ1) is 31.2. The average Bonchev–Trinajstić information content (AvgIpc) is 3.46. The topological polar surface area (TPSA) is 12.9 Å². The Kier molecular flexibility index (Phi) is 7.23. The van der Waals surface area contributed by atoms with E-state index in [9.17, 15) is 0 Å². The van der Waals surface area contributed by atoms with Gasteiger partial charge < -0.3 is 0 Å². The molecule has 0 saturated carbocycles. The zero-order chi connectivity index (χ0) is 35.5. The monoisotopic (exact) mass is 675 g/mol. The highest BCUT2D eigenvalue weighted by molar-refractivity contribution is 6.14. The summed E-state index contributed by atoms with van der Waals surface area (Å²) in [5, 5.41) is 5.02. The molecule has 0 bridgehead atoms. The summed E-state index contributed by atoms with van der Waals surface area (Å²) >= 11 is 0. The molecule has 0 aliphatic heterocycles. The average molecular weight is 676 g/mol. The summed E-state index contributed by atoms with van der Waals surface area (Å²) in [6.45, 7) is 4.70. The van der Waals surface area contributed by atoms with E-state index in [2.05, 4.69) is 202 Å². The van der Waals surface area contributed by atoms with Gasteiger partial charge in [0.2, 0.25) is 0 Å². The summed E-state index contributed by atoms with van der Waals surface area (Å²) in [5.41, 5.74) is 16.5. The van der Waals surface area contributed by atoms with Crippen LogP contribution in [0.1, 0.15) is 25.0 Å². The third kappa shape index (κ3) is 5.28. The van der Waals surface area contributed by atoms with E-state index >= 15 is 0 Å². The fourth-order valence-electron chi connectivity index (χ4n) is 8.51. The molecule has 0 radical (unpaired) electrons. The van der Waals surface area contributed by atoms with Crippen LogP contribution in [0.15, 0.2) is 188 Å². The van der Waals surface area contributed by atoms with Crippen LogP contribution in [-0.4, -0.2) is 4.98 Å². The maximum atomic E-state index is 5.41. The van der Waals surface area contributed by atoms with Gasteiger partial charge in [-0.2, -0.15) is 0 Å². The SMILES string of the molecule is CC1(C)c2ccccc2-c2ccc(-c3cc(-c4ccccc4)nc(-c4cc(-c5ccccc5)cc(-c5cc6ccccc6c6ccccc56)c4)c3)cc21. The molecule has 1 heteroatoms. The molecule has 10 rings (SSSR count). The zero-order valence-electron chi connectivity index (χ0n) is 29.8. The van der Waals surface area contributed by atoms with Crippen molar-refractivity contribution >= 4 is 21.5 Å². The Morgan fingerprint density at radius 1 is 0.321 bits per heavy atom. The van der Waals surface area contributed by atoms with Crippen LogP contribution in [0.5, 0.6) is 0 Å². The van der Waals surface area contributed by atoms with Gasteiger partial charge in [0.05, 0.1) is 11.4 Å². The van der Waals surface area contributed by atoms with Crippen molar-refractivity contribution in [3.05, 3.63) is 199 Å². The largest absolute Gasteiger partial charge is 0.248 e. The molecule has 0 spiro atoms. The highest BCUT2D eigenvalue weighted by atomic mass is 14.7. The summed E-state index contributed by atoms with van der Waals surface area (Å²) in [6.07, 6.45) is 0. The predicted molar refractivity (Wildman–Crippen MR) is 224 cm³/mol. The van der Waals surface area contributed by atoms with E-state index in [1.54, 1.807) is 0 Å². The van der Waals surface area contributed by atoms with Gasteiger partial charge in [-0.1, -0.05) is 159 Å². The molecular formula is C52H37N. The third-order valence-electron chi connectivity index (χ3n) is 11.2. The lowest BCUT2D eigenvalue weighted by Crippen LogP contribution is -2.14. The van der Waals surface area contributed by atoms with E-state index in [0.717, 1.165) is 28.1 Å². The molecule has 0 fully saturated rings. The number of pyridine rings is 1. The molecule has 9 aromatic rings. The van der Waals surface area contributed by atoms with Gasteiger partial charge in [0, 0.05) is 16.5 Å². The number of hydrogen-bond donors (Lipinski definition) is 0. The number of fused-ring (bicyclic) bond motifs is 6. The van der Waals surface area contributed by atoms with E-state index < -0.39 is 0 Å². The van der Waals surface area contributed by atoms with Crippen molar-refractivity contribution < 1.29 is 0 Å². The van der Waals surface area contributed by atoms with Crippen molar-refractivity contribution in [1.29, 1.82) is 0 Å². The minimum Gasteiger partial charge on any atom is -0.248 e. The first-order valence-corrected chi connectivity index (χ1v) is 18.5. The van der Waals surface area contributed by atoms with Gasteiger partial charge in [-0.25, -0.2) is 4.98 Å². The van der Waals surface area contributed by atoms with Gasteiger partial charge in [0.1, 0.15) is 0 Å². The number of rotatable bonds is 5. The van der Waals surface area contributed by atoms with Gasteiger partial charge in [0.15, 0.2) is 0 Å². The highest BCUT2D eigenvalue weighted by Gasteiger charge is 2.35. The lowest BCUT2D eigenvalue weighted by Gasteiger charge is -2.22. The number of hydrogen-bond acceptors (Lipinski definition) is 1. The maximum absolute atomic E-state index is 5.41. The molecule has 1 aromatic heterocycles. The summed E-state index contributed by atoms with van der Waals surface area (Å²) in [6, 6.07) is 68.6. The van der Waals surface area contributed by atoms with Crippen molar-refractivity contribution in [2.45, 2.75) is 19.3 Å². The number of aromatic nitrogens is 1. The van der Waals surface area contributed by atoms with Gasteiger partial charge in [-0.05, 0) is 120 Å². The summed E-state index contributed by atoms with van der Waals surface area (Å²) in [7, 11) is 0. The normalized spacial score (nSPS) is 12.9. The molecule has 0 atom stereocenters. The van der Waals surface area contributed by atoms with Crippen molar-refractivity contribution in [1.82, 2.24) is 4.98 Å². The molecule has 1 heterocycles. The molecule has 0 N–H and O–H groups in total. The minimum atomic E-state index is -0.0817. The molecular weight excluding hydrogens is 639 g/mol. The molecule has 1 aliphatic rings. The Balaban J connectivity index is 1.21. The van der Waals surface area contributed by atoms with E-state index in [1.165, 1.54) is 71.6 Å². The maximum Gasteiger partial charge on any atom is 0.0716 e. The van der Waals surface area contributed by atoms with Crippen molar-refractivity contribution in [3.8, 4) is 67.0 Å². The molecule has 53 heavy (non-hydrogen) atoms. The van der Waals surface area contributed by atoms with Gasteiger partial charge >= 0.3 is 0 Å². The lowest BCUT2D eigenvalue weighted by atomic mass is 9.81. The van der Waals surface area contributed by atoms with Crippen LogP contribution in [0.3, 0.4) is 0 Å². The summed E-state index contributed by atoms with van der Waals surface area (Å²) in [4.78, 5) is 5.41. The first-order valence-electron chi connectivity index (χ1n) is 18.5. The Labute approximate surface area is 310 Å². The lowest BCUT2D eigenvalue weighted by molar-refractivity contribution is 0.660. The van der Waals surface area contributed by atoms with Crippen molar-refractivity contribution in [2.24, 2.45) is 0 Å². The minimum absolute atomic E-state index is 0.0817. The van der Waals surface area contributed by atoms with Crippen LogP contribution in [0.4, 0.5) is 0 Å². The fourth-order valence-corrected chi connectivity index (χ4v) is 8.51. The molecule has 1 nitrogen and oxygen atoms in total. The van der Waals surface area contributed by atoms with Crippen LogP contribution >= 0.6 is 0 Å². The Morgan fingerprint density at radius 3 is 1.68 bits per heavy atom.